The van der Waals surface area contributed by atoms with Gasteiger partial charge in [-0.2, -0.15) is 20.1 Å². The highest BCUT2D eigenvalue weighted by Crippen LogP contribution is 2.38. The normalized spacial score (nSPS) is 14.2. The predicted molar refractivity (Wildman–Crippen MR) is 115 cm³/mol. The van der Waals surface area contributed by atoms with Crippen LogP contribution in [0.1, 0.15) is 43.1 Å². The lowest BCUT2D eigenvalue weighted by atomic mass is 10.1. The SMILES string of the molecule is CC(Nc1nc(Nc2cc(-c3cccnc3)[nH]n2)nc(C2CC2)n1)c1ccc(F)cc1F. The lowest BCUT2D eigenvalue weighted by Gasteiger charge is -2.16. The number of hydrogen-bond donors (Lipinski definition) is 3. The maximum absolute atomic E-state index is 14.2. The van der Waals surface area contributed by atoms with Crippen LogP contribution in [0.5, 0.6) is 0 Å². The van der Waals surface area contributed by atoms with E-state index in [1.165, 1.54) is 12.1 Å². The van der Waals surface area contributed by atoms with Crippen molar-refractivity contribution in [3.8, 4) is 11.3 Å². The number of nitrogens with one attached hydrogen (secondary N) is 3. The van der Waals surface area contributed by atoms with Crippen LogP contribution in [0.15, 0.2) is 48.8 Å². The number of pyridine rings is 1. The number of aromatic amines is 1. The maximum Gasteiger partial charge on any atom is 0.233 e. The Balaban J connectivity index is 1.38. The number of nitrogens with zero attached hydrogens (tertiary/aromatic N) is 5. The molecular formula is C22H20F2N8. The van der Waals surface area contributed by atoms with Gasteiger partial charge >= 0.3 is 0 Å². The first kappa shape index (κ1) is 20.0. The molecule has 1 aliphatic rings. The molecule has 3 N–H and O–H groups in total. The van der Waals surface area contributed by atoms with Gasteiger partial charge in [-0.1, -0.05) is 6.07 Å². The number of anilines is 3. The molecule has 1 atom stereocenters. The molecule has 1 aliphatic carbocycles. The van der Waals surface area contributed by atoms with E-state index in [0.717, 1.165) is 30.2 Å². The van der Waals surface area contributed by atoms with Gasteiger partial charge in [-0.15, -0.1) is 0 Å². The Labute approximate surface area is 182 Å². The minimum Gasteiger partial charge on any atom is -0.347 e. The Hall–Kier alpha value is -3.95. The second-order valence-corrected chi connectivity index (χ2v) is 7.68. The molecule has 8 nitrogen and oxygen atoms in total. The summed E-state index contributed by atoms with van der Waals surface area (Å²) in [4.78, 5) is 17.6. The monoisotopic (exact) mass is 434 g/mol. The van der Waals surface area contributed by atoms with Gasteiger partial charge in [0, 0.05) is 41.6 Å². The Morgan fingerprint density at radius 3 is 2.66 bits per heavy atom. The quantitative estimate of drug-likeness (QED) is 0.386. The first-order valence-corrected chi connectivity index (χ1v) is 10.3. The number of benzene rings is 1. The summed E-state index contributed by atoms with van der Waals surface area (Å²) in [5.74, 6) is 0.886. The van der Waals surface area contributed by atoms with Gasteiger partial charge in [-0.25, -0.2) is 8.78 Å². The molecule has 5 rings (SSSR count). The molecule has 162 valence electrons. The lowest BCUT2D eigenvalue weighted by Crippen LogP contribution is -2.14. The van der Waals surface area contributed by atoms with E-state index in [4.69, 9.17) is 0 Å². The fourth-order valence-electron chi connectivity index (χ4n) is 3.33. The van der Waals surface area contributed by atoms with Crippen molar-refractivity contribution in [2.24, 2.45) is 0 Å². The Kier molecular flexibility index (Phi) is 5.18. The average Bonchev–Trinajstić information content (AvgIpc) is 3.53. The smallest absolute Gasteiger partial charge is 0.233 e. The second-order valence-electron chi connectivity index (χ2n) is 7.68. The molecule has 3 heterocycles. The van der Waals surface area contributed by atoms with Crippen molar-refractivity contribution in [2.75, 3.05) is 10.6 Å². The summed E-state index contributed by atoms with van der Waals surface area (Å²) >= 11 is 0. The van der Waals surface area contributed by atoms with Gasteiger partial charge in [0.2, 0.25) is 11.9 Å². The molecule has 0 radical (unpaired) electrons. The molecule has 1 fully saturated rings. The van der Waals surface area contributed by atoms with E-state index in [-0.39, 0.29) is 5.92 Å². The molecule has 10 heteroatoms. The van der Waals surface area contributed by atoms with E-state index in [9.17, 15) is 8.78 Å². The molecule has 4 aromatic rings. The lowest BCUT2D eigenvalue weighted by molar-refractivity contribution is 0.566. The Morgan fingerprint density at radius 2 is 1.91 bits per heavy atom. The molecule has 32 heavy (non-hydrogen) atoms. The minimum atomic E-state index is -0.626. The summed E-state index contributed by atoms with van der Waals surface area (Å²) < 4.78 is 27.4. The zero-order valence-corrected chi connectivity index (χ0v) is 17.2. The molecule has 0 amide bonds. The number of aromatic nitrogens is 6. The van der Waals surface area contributed by atoms with Gasteiger partial charge in [0.15, 0.2) is 5.82 Å². The fourth-order valence-corrected chi connectivity index (χ4v) is 3.33. The van der Waals surface area contributed by atoms with Crippen LogP contribution in [-0.2, 0) is 0 Å². The van der Waals surface area contributed by atoms with Crippen LogP contribution >= 0.6 is 0 Å². The number of hydrogen-bond acceptors (Lipinski definition) is 7. The number of rotatable bonds is 7. The van der Waals surface area contributed by atoms with Gasteiger partial charge in [0.1, 0.15) is 17.5 Å². The molecule has 1 unspecified atom stereocenters. The molecule has 0 bridgehead atoms. The van der Waals surface area contributed by atoms with Crippen LogP contribution in [0.3, 0.4) is 0 Å². The van der Waals surface area contributed by atoms with E-state index in [1.54, 1.807) is 19.3 Å². The van der Waals surface area contributed by atoms with Crippen molar-refractivity contribution in [3.05, 3.63) is 71.8 Å². The number of H-pyrrole nitrogens is 1. The highest BCUT2D eigenvalue weighted by Gasteiger charge is 2.28. The summed E-state index contributed by atoms with van der Waals surface area (Å²) in [6.45, 7) is 1.76. The van der Waals surface area contributed by atoms with Crippen molar-refractivity contribution in [3.63, 3.8) is 0 Å². The van der Waals surface area contributed by atoms with Gasteiger partial charge in [0.05, 0.1) is 11.7 Å². The van der Waals surface area contributed by atoms with Crippen LogP contribution < -0.4 is 10.6 Å². The molecule has 3 aromatic heterocycles. The summed E-state index contributed by atoms with van der Waals surface area (Å²) in [5, 5.41) is 13.4. The van der Waals surface area contributed by atoms with Crippen LogP contribution in [0.2, 0.25) is 0 Å². The Bertz CT molecular complexity index is 1240. The second kappa shape index (κ2) is 8.29. The summed E-state index contributed by atoms with van der Waals surface area (Å²) in [5.41, 5.74) is 2.03. The van der Waals surface area contributed by atoms with E-state index in [1.807, 2.05) is 18.2 Å². The van der Waals surface area contributed by atoms with Crippen molar-refractivity contribution in [1.29, 1.82) is 0 Å². The van der Waals surface area contributed by atoms with E-state index >= 15 is 0 Å². The van der Waals surface area contributed by atoms with Crippen LogP contribution in [-0.4, -0.2) is 30.1 Å². The first-order chi connectivity index (χ1) is 15.5. The Morgan fingerprint density at radius 1 is 1.06 bits per heavy atom. The van der Waals surface area contributed by atoms with Crippen molar-refractivity contribution in [2.45, 2.75) is 31.7 Å². The summed E-state index contributed by atoms with van der Waals surface area (Å²) in [6.07, 6.45) is 5.47. The molecule has 1 aromatic carbocycles. The third kappa shape index (κ3) is 4.39. The van der Waals surface area contributed by atoms with Crippen molar-refractivity contribution in [1.82, 2.24) is 30.1 Å². The van der Waals surface area contributed by atoms with Crippen LogP contribution in [0.25, 0.3) is 11.3 Å². The third-order valence-corrected chi connectivity index (χ3v) is 5.16. The highest BCUT2D eigenvalue weighted by atomic mass is 19.1. The maximum atomic E-state index is 14.2. The molecular weight excluding hydrogens is 414 g/mol. The fraction of sp³-hybridized carbons (Fsp3) is 0.227. The van der Waals surface area contributed by atoms with Crippen LogP contribution in [0.4, 0.5) is 26.5 Å². The third-order valence-electron chi connectivity index (χ3n) is 5.16. The molecule has 1 saturated carbocycles. The zero-order chi connectivity index (χ0) is 22.1. The topological polar surface area (TPSA) is 104 Å². The zero-order valence-electron chi connectivity index (χ0n) is 17.2. The van der Waals surface area contributed by atoms with E-state index in [2.05, 4.69) is 40.8 Å². The number of halogens is 2. The molecule has 0 spiro atoms. The first-order valence-electron chi connectivity index (χ1n) is 10.3. The minimum absolute atomic E-state index is 0.280. The van der Waals surface area contributed by atoms with Gasteiger partial charge < -0.3 is 10.6 Å². The standard InChI is InChI=1S/C22H20F2N8/c1-12(16-7-6-15(23)9-17(16)24)26-21-28-20(13-4-5-13)29-22(30-21)27-19-10-18(31-32-19)14-3-2-8-25-11-14/h2-3,6-13H,4-5H2,1H3,(H3,26,27,28,29,30,31,32). The van der Waals surface area contributed by atoms with Gasteiger partial charge in [0.25, 0.3) is 0 Å². The average molecular weight is 434 g/mol. The van der Waals surface area contributed by atoms with Crippen molar-refractivity contribution >= 4 is 17.7 Å². The molecule has 0 saturated heterocycles. The summed E-state index contributed by atoms with van der Waals surface area (Å²) in [6, 6.07) is 8.64. The molecule has 0 aliphatic heterocycles. The van der Waals surface area contributed by atoms with Crippen molar-refractivity contribution < 1.29 is 8.78 Å². The predicted octanol–water partition coefficient (Wildman–Crippen LogP) is 4.73. The summed E-state index contributed by atoms with van der Waals surface area (Å²) in [7, 11) is 0. The van der Waals surface area contributed by atoms with E-state index < -0.39 is 17.7 Å². The highest BCUT2D eigenvalue weighted by molar-refractivity contribution is 5.63. The van der Waals surface area contributed by atoms with Gasteiger partial charge in [-0.3, -0.25) is 10.1 Å². The van der Waals surface area contributed by atoms with E-state index in [0.29, 0.717) is 29.1 Å². The van der Waals surface area contributed by atoms with Crippen LogP contribution in [0, 0.1) is 11.6 Å². The largest absolute Gasteiger partial charge is 0.347 e. The van der Waals surface area contributed by atoms with Gasteiger partial charge in [-0.05, 0) is 38.0 Å².